The van der Waals surface area contributed by atoms with Crippen molar-refractivity contribution in [2.75, 3.05) is 5.01 Å². The number of nitrogens with zero attached hydrogens (tertiary/aromatic N) is 2. The van der Waals surface area contributed by atoms with E-state index in [2.05, 4.69) is 108 Å². The number of hydrogen-bond acceptors (Lipinski definition) is 2. The smallest absolute Gasteiger partial charge is 0.0831 e. The van der Waals surface area contributed by atoms with Gasteiger partial charge in [-0.3, -0.25) is 5.01 Å². The summed E-state index contributed by atoms with van der Waals surface area (Å²) in [7, 11) is 0. The molecule has 27 heavy (non-hydrogen) atoms. The van der Waals surface area contributed by atoms with Crippen molar-refractivity contribution in [1.82, 2.24) is 0 Å². The zero-order valence-corrected chi connectivity index (χ0v) is 15.0. The Bertz CT molecular complexity index is 1100. The van der Waals surface area contributed by atoms with E-state index in [0.717, 1.165) is 17.8 Å². The van der Waals surface area contributed by atoms with E-state index < -0.39 is 0 Å². The summed E-state index contributed by atoms with van der Waals surface area (Å²) in [6.45, 7) is 0. The highest BCUT2D eigenvalue weighted by Gasteiger charge is 2.29. The van der Waals surface area contributed by atoms with E-state index in [4.69, 9.17) is 5.10 Å². The van der Waals surface area contributed by atoms with Crippen LogP contribution in [-0.2, 0) is 0 Å². The molecule has 0 radical (unpaired) electrons. The zero-order valence-electron chi connectivity index (χ0n) is 15.0. The maximum atomic E-state index is 5.04. The quantitative estimate of drug-likeness (QED) is 0.431. The first-order valence-electron chi connectivity index (χ1n) is 9.34. The monoisotopic (exact) mass is 348 g/mol. The SMILES string of the molecule is c1ccc(C2=NN(c3ccc4ccccc4c3)[C@@H](c3ccccc3)C2)cc1. The first-order chi connectivity index (χ1) is 13.4. The second-order valence-corrected chi connectivity index (χ2v) is 6.92. The molecule has 1 aliphatic heterocycles. The Morgan fingerprint density at radius 1 is 0.667 bits per heavy atom. The van der Waals surface area contributed by atoms with Crippen LogP contribution in [0.3, 0.4) is 0 Å². The maximum Gasteiger partial charge on any atom is 0.0831 e. The molecule has 0 amide bonds. The molecule has 0 aromatic heterocycles. The summed E-state index contributed by atoms with van der Waals surface area (Å²) in [5.41, 5.74) is 4.76. The van der Waals surface area contributed by atoms with Crippen LogP contribution in [0.25, 0.3) is 10.8 Å². The van der Waals surface area contributed by atoms with Gasteiger partial charge >= 0.3 is 0 Å². The molecule has 4 aromatic rings. The number of fused-ring (bicyclic) bond motifs is 1. The van der Waals surface area contributed by atoms with E-state index in [0.29, 0.717) is 0 Å². The number of hydrogen-bond donors (Lipinski definition) is 0. The van der Waals surface area contributed by atoms with Crippen LogP contribution in [0.5, 0.6) is 0 Å². The van der Waals surface area contributed by atoms with E-state index in [-0.39, 0.29) is 6.04 Å². The molecule has 0 fully saturated rings. The molecule has 130 valence electrons. The Labute approximate surface area is 159 Å². The van der Waals surface area contributed by atoms with Crippen LogP contribution in [0.1, 0.15) is 23.6 Å². The van der Waals surface area contributed by atoms with E-state index in [9.17, 15) is 0 Å². The van der Waals surface area contributed by atoms with Crippen molar-refractivity contribution in [2.24, 2.45) is 5.10 Å². The molecule has 0 N–H and O–H groups in total. The van der Waals surface area contributed by atoms with Gasteiger partial charge in [0, 0.05) is 6.42 Å². The Morgan fingerprint density at radius 3 is 2.11 bits per heavy atom. The Morgan fingerprint density at radius 2 is 1.33 bits per heavy atom. The third kappa shape index (κ3) is 3.00. The fourth-order valence-corrected chi connectivity index (χ4v) is 3.81. The number of anilines is 1. The number of rotatable bonds is 3. The Balaban J connectivity index is 1.61. The minimum atomic E-state index is 0.211. The van der Waals surface area contributed by atoms with Gasteiger partial charge in [0.2, 0.25) is 0 Å². The van der Waals surface area contributed by atoms with Crippen molar-refractivity contribution < 1.29 is 0 Å². The van der Waals surface area contributed by atoms with Crippen LogP contribution in [-0.4, -0.2) is 5.71 Å². The normalized spacial score (nSPS) is 16.5. The highest BCUT2D eigenvalue weighted by atomic mass is 15.5. The molecule has 0 spiro atoms. The van der Waals surface area contributed by atoms with Crippen LogP contribution in [0, 0.1) is 0 Å². The van der Waals surface area contributed by atoms with Crippen molar-refractivity contribution in [1.29, 1.82) is 0 Å². The molecule has 0 aliphatic carbocycles. The van der Waals surface area contributed by atoms with Gasteiger partial charge in [-0.25, -0.2) is 0 Å². The van der Waals surface area contributed by atoms with Crippen molar-refractivity contribution >= 4 is 22.2 Å². The lowest BCUT2D eigenvalue weighted by molar-refractivity contribution is 0.709. The lowest BCUT2D eigenvalue weighted by Gasteiger charge is -2.24. The number of hydrazone groups is 1. The van der Waals surface area contributed by atoms with Crippen LogP contribution in [0.4, 0.5) is 5.69 Å². The molecule has 2 heteroatoms. The van der Waals surface area contributed by atoms with Gasteiger partial charge in [-0.15, -0.1) is 0 Å². The summed E-state index contributed by atoms with van der Waals surface area (Å²) in [6, 6.07) is 36.4. The van der Waals surface area contributed by atoms with Gasteiger partial charge in [-0.05, 0) is 34.0 Å². The first kappa shape index (κ1) is 15.8. The van der Waals surface area contributed by atoms with Crippen LogP contribution >= 0.6 is 0 Å². The van der Waals surface area contributed by atoms with Crippen molar-refractivity contribution in [2.45, 2.75) is 12.5 Å². The molecular formula is C25H20N2. The van der Waals surface area contributed by atoms with Crippen molar-refractivity contribution in [3.8, 4) is 0 Å². The van der Waals surface area contributed by atoms with E-state index in [1.807, 2.05) is 0 Å². The minimum Gasteiger partial charge on any atom is -0.257 e. The van der Waals surface area contributed by atoms with E-state index in [1.165, 1.54) is 21.9 Å². The summed E-state index contributed by atoms with van der Waals surface area (Å²) in [6.07, 6.45) is 0.904. The lowest BCUT2D eigenvalue weighted by atomic mass is 9.98. The molecule has 1 aliphatic rings. The molecule has 1 heterocycles. The van der Waals surface area contributed by atoms with Crippen molar-refractivity contribution in [3.63, 3.8) is 0 Å². The molecule has 0 saturated carbocycles. The second kappa shape index (κ2) is 6.73. The highest BCUT2D eigenvalue weighted by molar-refractivity contribution is 6.03. The van der Waals surface area contributed by atoms with Gasteiger partial charge in [0.15, 0.2) is 0 Å². The summed E-state index contributed by atoms with van der Waals surface area (Å²) >= 11 is 0. The molecule has 5 rings (SSSR count). The highest BCUT2D eigenvalue weighted by Crippen LogP contribution is 2.37. The lowest BCUT2D eigenvalue weighted by Crippen LogP contribution is -2.18. The summed E-state index contributed by atoms with van der Waals surface area (Å²) in [5, 5.41) is 9.72. The topological polar surface area (TPSA) is 15.6 Å². The minimum absolute atomic E-state index is 0.211. The number of benzene rings is 4. The van der Waals surface area contributed by atoms with Gasteiger partial charge in [-0.1, -0.05) is 91.0 Å². The van der Waals surface area contributed by atoms with Gasteiger partial charge in [0.05, 0.1) is 17.4 Å². The zero-order chi connectivity index (χ0) is 18.1. The van der Waals surface area contributed by atoms with Gasteiger partial charge in [0.1, 0.15) is 0 Å². The van der Waals surface area contributed by atoms with Gasteiger partial charge < -0.3 is 0 Å². The standard InChI is InChI=1S/C25H20N2/c1-3-10-20(11-4-1)24-18-25(21-12-5-2-6-13-21)27(26-24)23-16-15-19-9-7-8-14-22(19)17-23/h1-17,25H,18H2/t25-/m1/s1. The Hall–Kier alpha value is -3.39. The third-order valence-corrected chi connectivity index (χ3v) is 5.20. The third-order valence-electron chi connectivity index (χ3n) is 5.20. The summed E-state index contributed by atoms with van der Waals surface area (Å²) in [4.78, 5) is 0. The van der Waals surface area contributed by atoms with Gasteiger partial charge in [0.25, 0.3) is 0 Å². The summed E-state index contributed by atoms with van der Waals surface area (Å²) in [5.74, 6) is 0. The van der Waals surface area contributed by atoms with E-state index >= 15 is 0 Å². The second-order valence-electron chi connectivity index (χ2n) is 6.92. The fraction of sp³-hybridized carbons (Fsp3) is 0.0800. The summed E-state index contributed by atoms with van der Waals surface area (Å²) < 4.78 is 0. The Kier molecular flexibility index (Phi) is 3.95. The predicted molar refractivity (Wildman–Crippen MR) is 113 cm³/mol. The largest absolute Gasteiger partial charge is 0.257 e. The van der Waals surface area contributed by atoms with Crippen LogP contribution in [0.15, 0.2) is 108 Å². The molecular weight excluding hydrogens is 328 g/mol. The molecule has 0 unspecified atom stereocenters. The van der Waals surface area contributed by atoms with E-state index in [1.54, 1.807) is 0 Å². The molecule has 1 atom stereocenters. The molecule has 0 bridgehead atoms. The molecule has 0 saturated heterocycles. The van der Waals surface area contributed by atoms with Crippen LogP contribution in [0.2, 0.25) is 0 Å². The fourth-order valence-electron chi connectivity index (χ4n) is 3.81. The predicted octanol–water partition coefficient (Wildman–Crippen LogP) is 6.20. The van der Waals surface area contributed by atoms with Gasteiger partial charge in [-0.2, -0.15) is 5.10 Å². The average Bonchev–Trinajstić information content (AvgIpc) is 3.20. The average molecular weight is 348 g/mol. The van der Waals surface area contributed by atoms with Crippen LogP contribution < -0.4 is 5.01 Å². The molecule has 4 aromatic carbocycles. The first-order valence-corrected chi connectivity index (χ1v) is 9.34. The van der Waals surface area contributed by atoms with Crippen molar-refractivity contribution in [3.05, 3.63) is 114 Å². The maximum absolute atomic E-state index is 5.04. The molecule has 2 nitrogen and oxygen atoms in total.